The third-order valence-electron chi connectivity index (χ3n) is 4.42. The maximum absolute atomic E-state index is 4.48. The van der Waals surface area contributed by atoms with Crippen molar-refractivity contribution in [3.63, 3.8) is 0 Å². The van der Waals surface area contributed by atoms with Gasteiger partial charge < -0.3 is 5.32 Å². The molecule has 4 rings (SSSR count). The van der Waals surface area contributed by atoms with Crippen LogP contribution in [-0.4, -0.2) is 15.0 Å². The summed E-state index contributed by atoms with van der Waals surface area (Å²) in [5.41, 5.74) is 4.69. The number of nitrogens with zero attached hydrogens (tertiary/aromatic N) is 3. The second-order valence-corrected chi connectivity index (χ2v) is 7.36. The number of anilines is 1. The van der Waals surface area contributed by atoms with E-state index >= 15 is 0 Å². The molecule has 1 N–H and O–H groups in total. The Morgan fingerprint density at radius 3 is 2.58 bits per heavy atom. The van der Waals surface area contributed by atoms with Gasteiger partial charge in [0.25, 0.3) is 0 Å². The van der Waals surface area contributed by atoms with Crippen molar-refractivity contribution in [1.82, 2.24) is 15.0 Å². The zero-order valence-electron chi connectivity index (χ0n) is 14.8. The number of pyridine rings is 1. The van der Waals surface area contributed by atoms with Gasteiger partial charge in [0.1, 0.15) is 17.0 Å². The van der Waals surface area contributed by atoms with Crippen LogP contribution in [0.4, 0.5) is 5.82 Å². The fourth-order valence-electron chi connectivity index (χ4n) is 2.95. The molecule has 130 valence electrons. The molecule has 0 radical (unpaired) electrons. The number of rotatable bonds is 5. The minimum absolute atomic E-state index is 0.530. The van der Waals surface area contributed by atoms with Crippen LogP contribution in [0, 0.1) is 0 Å². The minimum atomic E-state index is 0.530. The van der Waals surface area contributed by atoms with Crippen LogP contribution in [0.15, 0.2) is 60.4 Å². The highest BCUT2D eigenvalue weighted by molar-refractivity contribution is 7.17. The summed E-state index contributed by atoms with van der Waals surface area (Å²) in [7, 11) is 0. The first kappa shape index (κ1) is 16.7. The number of thiophene rings is 1. The first-order valence-corrected chi connectivity index (χ1v) is 9.56. The predicted molar refractivity (Wildman–Crippen MR) is 109 cm³/mol. The number of benzene rings is 1. The number of nitrogens with one attached hydrogen (secondary N) is 1. The van der Waals surface area contributed by atoms with E-state index in [1.807, 2.05) is 18.2 Å². The van der Waals surface area contributed by atoms with E-state index in [4.69, 9.17) is 0 Å². The Hall–Kier alpha value is -2.79. The maximum Gasteiger partial charge on any atom is 0.139 e. The second kappa shape index (κ2) is 7.22. The monoisotopic (exact) mass is 360 g/mol. The molecular weight excluding hydrogens is 340 g/mol. The van der Waals surface area contributed by atoms with Crippen LogP contribution in [0.5, 0.6) is 0 Å². The third-order valence-corrected chi connectivity index (χ3v) is 5.31. The van der Waals surface area contributed by atoms with Crippen molar-refractivity contribution < 1.29 is 0 Å². The number of hydrogen-bond acceptors (Lipinski definition) is 5. The van der Waals surface area contributed by atoms with Crippen LogP contribution < -0.4 is 5.32 Å². The Kier molecular flexibility index (Phi) is 4.63. The molecule has 0 bridgehead atoms. The molecule has 26 heavy (non-hydrogen) atoms. The van der Waals surface area contributed by atoms with Gasteiger partial charge in [-0.2, -0.15) is 0 Å². The standard InChI is InChI=1S/C21H20N4S/c1-14(2)15-6-8-16(9-7-15)18-12-26-21-19(18)20(24-13-25-21)23-11-17-5-3-4-10-22-17/h3-10,12-14H,11H2,1-2H3,(H,23,24,25). The van der Waals surface area contributed by atoms with Crippen molar-refractivity contribution in [1.29, 1.82) is 0 Å². The lowest BCUT2D eigenvalue weighted by molar-refractivity contribution is 0.867. The molecule has 0 amide bonds. The van der Waals surface area contributed by atoms with Gasteiger partial charge in [-0.05, 0) is 29.2 Å². The summed E-state index contributed by atoms with van der Waals surface area (Å²) >= 11 is 1.65. The first-order valence-electron chi connectivity index (χ1n) is 8.68. The van der Waals surface area contributed by atoms with E-state index in [-0.39, 0.29) is 0 Å². The molecular formula is C21H20N4S. The Bertz CT molecular complexity index is 1010. The zero-order valence-corrected chi connectivity index (χ0v) is 15.6. The minimum Gasteiger partial charge on any atom is -0.364 e. The molecule has 0 saturated carbocycles. The molecule has 0 aliphatic rings. The number of aromatic nitrogens is 3. The van der Waals surface area contributed by atoms with Crippen molar-refractivity contribution in [2.24, 2.45) is 0 Å². The molecule has 0 unspecified atom stereocenters. The summed E-state index contributed by atoms with van der Waals surface area (Å²) in [6, 6.07) is 14.7. The average molecular weight is 360 g/mol. The molecule has 0 saturated heterocycles. The molecule has 0 aliphatic heterocycles. The first-order chi connectivity index (χ1) is 12.7. The van der Waals surface area contributed by atoms with E-state index < -0.39 is 0 Å². The van der Waals surface area contributed by atoms with Crippen LogP contribution in [0.3, 0.4) is 0 Å². The van der Waals surface area contributed by atoms with Crippen LogP contribution in [0.1, 0.15) is 31.0 Å². The number of fused-ring (bicyclic) bond motifs is 1. The van der Waals surface area contributed by atoms with E-state index in [9.17, 15) is 0 Å². The molecule has 4 nitrogen and oxygen atoms in total. The molecule has 4 aromatic rings. The molecule has 1 aromatic carbocycles. The van der Waals surface area contributed by atoms with Crippen LogP contribution in [0.25, 0.3) is 21.3 Å². The largest absolute Gasteiger partial charge is 0.364 e. The van der Waals surface area contributed by atoms with E-state index in [2.05, 4.69) is 63.8 Å². The van der Waals surface area contributed by atoms with Crippen molar-refractivity contribution in [3.05, 3.63) is 71.6 Å². The molecule has 3 aromatic heterocycles. The zero-order chi connectivity index (χ0) is 17.9. The van der Waals surface area contributed by atoms with E-state index in [0.29, 0.717) is 12.5 Å². The van der Waals surface area contributed by atoms with Crippen molar-refractivity contribution in [3.8, 4) is 11.1 Å². The molecule has 0 atom stereocenters. The smallest absolute Gasteiger partial charge is 0.139 e. The summed E-state index contributed by atoms with van der Waals surface area (Å²) in [6.45, 7) is 5.06. The fraction of sp³-hybridized carbons (Fsp3) is 0.190. The van der Waals surface area contributed by atoms with E-state index in [0.717, 1.165) is 21.7 Å². The molecule has 0 spiro atoms. The van der Waals surface area contributed by atoms with Crippen LogP contribution in [-0.2, 0) is 6.54 Å². The van der Waals surface area contributed by atoms with E-state index in [1.54, 1.807) is 23.9 Å². The van der Waals surface area contributed by atoms with E-state index in [1.165, 1.54) is 16.7 Å². The average Bonchev–Trinajstić information content (AvgIpc) is 3.12. The van der Waals surface area contributed by atoms with Gasteiger partial charge in [-0.15, -0.1) is 11.3 Å². The topological polar surface area (TPSA) is 50.7 Å². The number of hydrogen-bond donors (Lipinski definition) is 1. The van der Waals surface area contributed by atoms with Crippen molar-refractivity contribution in [2.75, 3.05) is 5.32 Å². The maximum atomic E-state index is 4.48. The van der Waals surface area contributed by atoms with Crippen LogP contribution in [0.2, 0.25) is 0 Å². The molecule has 0 fully saturated rings. The Morgan fingerprint density at radius 2 is 1.85 bits per heavy atom. The lowest BCUT2D eigenvalue weighted by Crippen LogP contribution is -2.03. The van der Waals surface area contributed by atoms with Gasteiger partial charge in [0.2, 0.25) is 0 Å². The summed E-state index contributed by atoms with van der Waals surface area (Å²) in [4.78, 5) is 14.3. The van der Waals surface area contributed by atoms with Gasteiger partial charge in [0.05, 0.1) is 17.6 Å². The summed E-state index contributed by atoms with van der Waals surface area (Å²) in [5, 5.41) is 6.66. The van der Waals surface area contributed by atoms with Crippen molar-refractivity contribution in [2.45, 2.75) is 26.3 Å². The normalized spacial score (nSPS) is 11.2. The lowest BCUT2D eigenvalue weighted by atomic mass is 9.99. The summed E-state index contributed by atoms with van der Waals surface area (Å²) in [5.74, 6) is 1.38. The Labute approximate surface area is 157 Å². The highest BCUT2D eigenvalue weighted by Crippen LogP contribution is 2.37. The predicted octanol–water partition coefficient (Wildman–Crippen LogP) is 5.49. The van der Waals surface area contributed by atoms with Gasteiger partial charge >= 0.3 is 0 Å². The third kappa shape index (κ3) is 3.30. The highest BCUT2D eigenvalue weighted by atomic mass is 32.1. The van der Waals surface area contributed by atoms with Gasteiger partial charge in [-0.1, -0.05) is 44.2 Å². The van der Waals surface area contributed by atoms with Crippen molar-refractivity contribution >= 4 is 27.4 Å². The van der Waals surface area contributed by atoms with Crippen LogP contribution >= 0.6 is 11.3 Å². The fourth-order valence-corrected chi connectivity index (χ4v) is 3.86. The van der Waals surface area contributed by atoms with Gasteiger partial charge in [-0.3, -0.25) is 4.98 Å². The molecule has 5 heteroatoms. The Morgan fingerprint density at radius 1 is 1.00 bits per heavy atom. The Balaban J connectivity index is 1.70. The summed E-state index contributed by atoms with van der Waals surface area (Å²) < 4.78 is 0. The molecule has 3 heterocycles. The second-order valence-electron chi connectivity index (χ2n) is 6.50. The van der Waals surface area contributed by atoms with Gasteiger partial charge in [0, 0.05) is 17.1 Å². The quantitative estimate of drug-likeness (QED) is 0.511. The highest BCUT2D eigenvalue weighted by Gasteiger charge is 2.13. The summed E-state index contributed by atoms with van der Waals surface area (Å²) in [6.07, 6.45) is 3.42. The lowest BCUT2D eigenvalue weighted by Gasteiger charge is -2.09. The van der Waals surface area contributed by atoms with Gasteiger partial charge in [0.15, 0.2) is 0 Å². The SMILES string of the molecule is CC(C)c1ccc(-c2csc3ncnc(NCc4ccccn4)c23)cc1. The molecule has 0 aliphatic carbocycles. The van der Waals surface area contributed by atoms with Gasteiger partial charge in [-0.25, -0.2) is 9.97 Å².